The molecule has 0 saturated carbocycles. The molecule has 0 aromatic heterocycles. The monoisotopic (exact) mass is 223 g/mol. The van der Waals surface area contributed by atoms with E-state index in [-0.39, 0.29) is 11.4 Å². The van der Waals surface area contributed by atoms with Crippen LogP contribution in [0.4, 0.5) is 4.39 Å². The molecule has 3 heteroatoms. The molecule has 1 aromatic carbocycles. The molecule has 1 N–H and O–H groups in total. The van der Waals surface area contributed by atoms with Crippen LogP contribution in [0.1, 0.15) is 25.3 Å². The first-order chi connectivity index (χ1) is 7.68. The van der Waals surface area contributed by atoms with Gasteiger partial charge in [-0.15, -0.1) is 0 Å². The Morgan fingerprint density at radius 2 is 2.38 bits per heavy atom. The molecule has 0 radical (unpaired) electrons. The number of nitrogens with one attached hydrogen (secondary N) is 1. The van der Waals surface area contributed by atoms with Crippen molar-refractivity contribution in [3.63, 3.8) is 0 Å². The summed E-state index contributed by atoms with van der Waals surface area (Å²) in [6, 6.07) is 6.68. The second-order valence-corrected chi connectivity index (χ2v) is 4.64. The summed E-state index contributed by atoms with van der Waals surface area (Å²) in [5, 5.41) is 3.32. The summed E-state index contributed by atoms with van der Waals surface area (Å²) in [4.78, 5) is 0. The molecule has 0 spiro atoms. The van der Waals surface area contributed by atoms with E-state index in [2.05, 4.69) is 12.2 Å². The van der Waals surface area contributed by atoms with Crippen LogP contribution >= 0.6 is 0 Å². The SMILES string of the molecule is CC1(CNCc2cccc(F)c2)CCCO1. The summed E-state index contributed by atoms with van der Waals surface area (Å²) < 4.78 is 18.6. The van der Waals surface area contributed by atoms with Crippen LogP contribution in [0, 0.1) is 5.82 Å². The predicted octanol–water partition coefficient (Wildman–Crippen LogP) is 2.48. The number of halogens is 1. The van der Waals surface area contributed by atoms with E-state index >= 15 is 0 Å². The third-order valence-corrected chi connectivity index (χ3v) is 3.02. The molecular weight excluding hydrogens is 205 g/mol. The first kappa shape index (κ1) is 11.6. The molecule has 16 heavy (non-hydrogen) atoms. The van der Waals surface area contributed by atoms with E-state index in [4.69, 9.17) is 4.74 Å². The first-order valence-corrected chi connectivity index (χ1v) is 5.77. The topological polar surface area (TPSA) is 21.3 Å². The molecule has 88 valence electrons. The number of ether oxygens (including phenoxy) is 1. The van der Waals surface area contributed by atoms with Crippen LogP contribution < -0.4 is 5.32 Å². The van der Waals surface area contributed by atoms with Gasteiger partial charge in [-0.3, -0.25) is 0 Å². The standard InChI is InChI=1S/C13H18FNO/c1-13(6-3-7-16-13)10-15-9-11-4-2-5-12(14)8-11/h2,4-5,8,15H,3,6-7,9-10H2,1H3. The van der Waals surface area contributed by atoms with Crippen molar-refractivity contribution in [3.05, 3.63) is 35.6 Å². The molecule has 1 aliphatic heterocycles. The van der Waals surface area contributed by atoms with Gasteiger partial charge in [0.15, 0.2) is 0 Å². The molecule has 0 aliphatic carbocycles. The van der Waals surface area contributed by atoms with Crippen molar-refractivity contribution in [3.8, 4) is 0 Å². The Hall–Kier alpha value is -0.930. The Morgan fingerprint density at radius 1 is 1.50 bits per heavy atom. The summed E-state index contributed by atoms with van der Waals surface area (Å²) in [6.45, 7) is 4.50. The van der Waals surface area contributed by atoms with Gasteiger partial charge in [-0.25, -0.2) is 4.39 Å². The zero-order valence-corrected chi connectivity index (χ0v) is 9.63. The third-order valence-electron chi connectivity index (χ3n) is 3.02. The fourth-order valence-corrected chi connectivity index (χ4v) is 2.09. The van der Waals surface area contributed by atoms with Crippen LogP contribution in [0.2, 0.25) is 0 Å². The lowest BCUT2D eigenvalue weighted by molar-refractivity contribution is 0.0207. The Balaban J connectivity index is 1.79. The lowest BCUT2D eigenvalue weighted by Gasteiger charge is -2.23. The van der Waals surface area contributed by atoms with Gasteiger partial charge < -0.3 is 10.1 Å². The second kappa shape index (κ2) is 4.93. The number of hydrogen-bond donors (Lipinski definition) is 1. The molecule has 0 amide bonds. The van der Waals surface area contributed by atoms with Crippen molar-refractivity contribution in [2.45, 2.75) is 31.9 Å². The molecule has 2 rings (SSSR count). The van der Waals surface area contributed by atoms with Crippen LogP contribution in [-0.2, 0) is 11.3 Å². The van der Waals surface area contributed by atoms with Gasteiger partial charge in [0.25, 0.3) is 0 Å². The van der Waals surface area contributed by atoms with E-state index in [0.717, 1.165) is 31.6 Å². The highest BCUT2D eigenvalue weighted by molar-refractivity contribution is 5.16. The van der Waals surface area contributed by atoms with Crippen LogP contribution in [-0.4, -0.2) is 18.8 Å². The molecule has 1 saturated heterocycles. The molecule has 1 fully saturated rings. The van der Waals surface area contributed by atoms with E-state index in [0.29, 0.717) is 6.54 Å². The van der Waals surface area contributed by atoms with Crippen molar-refractivity contribution in [2.24, 2.45) is 0 Å². The summed E-state index contributed by atoms with van der Waals surface area (Å²) in [6.07, 6.45) is 2.24. The fourth-order valence-electron chi connectivity index (χ4n) is 2.09. The Morgan fingerprint density at radius 3 is 3.06 bits per heavy atom. The van der Waals surface area contributed by atoms with Gasteiger partial charge in [-0.1, -0.05) is 12.1 Å². The fraction of sp³-hybridized carbons (Fsp3) is 0.538. The Kier molecular flexibility index (Phi) is 3.56. The van der Waals surface area contributed by atoms with E-state index < -0.39 is 0 Å². The minimum absolute atomic E-state index is 0.0344. The second-order valence-electron chi connectivity index (χ2n) is 4.64. The summed E-state index contributed by atoms with van der Waals surface area (Å²) in [7, 11) is 0. The number of benzene rings is 1. The lowest BCUT2D eigenvalue weighted by Crippen LogP contribution is -2.36. The molecule has 1 aromatic rings. The molecule has 1 heterocycles. The molecular formula is C13H18FNO. The zero-order chi connectivity index (χ0) is 11.4. The van der Waals surface area contributed by atoms with E-state index in [9.17, 15) is 4.39 Å². The van der Waals surface area contributed by atoms with Gasteiger partial charge in [0.2, 0.25) is 0 Å². The van der Waals surface area contributed by atoms with Crippen molar-refractivity contribution >= 4 is 0 Å². The van der Waals surface area contributed by atoms with Crippen LogP contribution in [0.3, 0.4) is 0 Å². The van der Waals surface area contributed by atoms with Crippen molar-refractivity contribution in [2.75, 3.05) is 13.2 Å². The minimum Gasteiger partial charge on any atom is -0.374 e. The highest BCUT2D eigenvalue weighted by Crippen LogP contribution is 2.23. The quantitative estimate of drug-likeness (QED) is 0.846. The van der Waals surface area contributed by atoms with Gasteiger partial charge in [0.05, 0.1) is 5.60 Å². The highest BCUT2D eigenvalue weighted by atomic mass is 19.1. The van der Waals surface area contributed by atoms with Gasteiger partial charge in [0.1, 0.15) is 5.82 Å². The van der Waals surface area contributed by atoms with Gasteiger partial charge >= 0.3 is 0 Å². The maximum atomic E-state index is 12.9. The normalized spacial score (nSPS) is 24.9. The van der Waals surface area contributed by atoms with Gasteiger partial charge in [0, 0.05) is 19.7 Å². The van der Waals surface area contributed by atoms with Crippen molar-refractivity contribution in [1.82, 2.24) is 5.32 Å². The Labute approximate surface area is 95.8 Å². The zero-order valence-electron chi connectivity index (χ0n) is 9.63. The average Bonchev–Trinajstić information content (AvgIpc) is 2.65. The predicted molar refractivity (Wildman–Crippen MR) is 61.7 cm³/mol. The summed E-state index contributed by atoms with van der Waals surface area (Å²) in [5.74, 6) is -0.178. The molecule has 1 aliphatic rings. The van der Waals surface area contributed by atoms with Crippen molar-refractivity contribution < 1.29 is 9.13 Å². The maximum absolute atomic E-state index is 12.9. The minimum atomic E-state index is -0.178. The third kappa shape index (κ3) is 3.03. The van der Waals surface area contributed by atoms with Gasteiger partial charge in [-0.05, 0) is 37.5 Å². The maximum Gasteiger partial charge on any atom is 0.123 e. The van der Waals surface area contributed by atoms with E-state index in [1.54, 1.807) is 12.1 Å². The van der Waals surface area contributed by atoms with Gasteiger partial charge in [-0.2, -0.15) is 0 Å². The molecule has 0 bridgehead atoms. The summed E-state index contributed by atoms with van der Waals surface area (Å²) in [5.41, 5.74) is 0.939. The molecule has 1 unspecified atom stereocenters. The van der Waals surface area contributed by atoms with Crippen LogP contribution in [0.5, 0.6) is 0 Å². The van der Waals surface area contributed by atoms with Crippen LogP contribution in [0.15, 0.2) is 24.3 Å². The number of rotatable bonds is 4. The lowest BCUT2D eigenvalue weighted by atomic mass is 10.0. The molecule has 1 atom stereocenters. The average molecular weight is 223 g/mol. The summed E-state index contributed by atoms with van der Waals surface area (Å²) >= 11 is 0. The highest BCUT2D eigenvalue weighted by Gasteiger charge is 2.28. The van der Waals surface area contributed by atoms with Crippen LogP contribution in [0.25, 0.3) is 0 Å². The van der Waals surface area contributed by atoms with Crippen molar-refractivity contribution in [1.29, 1.82) is 0 Å². The molecule has 2 nitrogen and oxygen atoms in total. The Bertz CT molecular complexity index is 348. The number of hydrogen-bond acceptors (Lipinski definition) is 2. The smallest absolute Gasteiger partial charge is 0.123 e. The van der Waals surface area contributed by atoms with E-state index in [1.165, 1.54) is 6.07 Å². The largest absolute Gasteiger partial charge is 0.374 e. The first-order valence-electron chi connectivity index (χ1n) is 5.77. The van der Waals surface area contributed by atoms with E-state index in [1.807, 2.05) is 6.07 Å².